The van der Waals surface area contributed by atoms with Gasteiger partial charge >= 0.3 is 0 Å². The van der Waals surface area contributed by atoms with Crippen LogP contribution in [-0.4, -0.2) is 68.7 Å². The molecule has 5 nitrogen and oxygen atoms in total. The minimum atomic E-state index is -0.415. The molecule has 25 heavy (non-hydrogen) atoms. The third kappa shape index (κ3) is 6.49. The molecule has 2 atom stereocenters. The molecule has 1 aliphatic rings. The topological polar surface area (TPSA) is 45.2 Å². The molecule has 1 aliphatic heterocycles. The number of hydrogen-bond acceptors (Lipinski definition) is 5. The number of ether oxygens (including phenoxy) is 2. The second kappa shape index (κ2) is 10.6. The van der Waals surface area contributed by atoms with Crippen molar-refractivity contribution in [1.82, 2.24) is 4.90 Å². The SMILES string of the molecule is CCCCC(C)OCC(O)CN1CCN(c2ccccc2OC)CC1. The van der Waals surface area contributed by atoms with Crippen LogP contribution in [0, 0.1) is 0 Å². The number of para-hydroxylation sites is 2. The van der Waals surface area contributed by atoms with Crippen LogP contribution in [0.4, 0.5) is 5.69 Å². The van der Waals surface area contributed by atoms with Crippen LogP contribution < -0.4 is 9.64 Å². The molecular formula is C20H34N2O3. The number of piperazine rings is 1. The molecule has 1 aromatic carbocycles. The largest absolute Gasteiger partial charge is 0.495 e. The second-order valence-corrected chi connectivity index (χ2v) is 6.90. The zero-order chi connectivity index (χ0) is 18.1. The molecule has 1 fully saturated rings. The molecular weight excluding hydrogens is 316 g/mol. The van der Waals surface area contributed by atoms with Crippen LogP contribution >= 0.6 is 0 Å². The van der Waals surface area contributed by atoms with Gasteiger partial charge in [-0.3, -0.25) is 4.90 Å². The third-order valence-electron chi connectivity index (χ3n) is 4.80. The number of methoxy groups -OCH3 is 1. The summed E-state index contributed by atoms with van der Waals surface area (Å²) in [6.07, 6.45) is 3.26. The van der Waals surface area contributed by atoms with Gasteiger partial charge in [-0.15, -0.1) is 0 Å². The van der Waals surface area contributed by atoms with Crippen molar-refractivity contribution in [1.29, 1.82) is 0 Å². The molecule has 1 N–H and O–H groups in total. The molecule has 2 rings (SSSR count). The molecule has 2 unspecified atom stereocenters. The van der Waals surface area contributed by atoms with Crippen LogP contribution in [0.3, 0.4) is 0 Å². The van der Waals surface area contributed by atoms with Crippen molar-refractivity contribution in [2.75, 3.05) is 51.3 Å². The maximum absolute atomic E-state index is 10.2. The quantitative estimate of drug-likeness (QED) is 0.703. The summed E-state index contributed by atoms with van der Waals surface area (Å²) in [5.41, 5.74) is 1.15. The van der Waals surface area contributed by atoms with Gasteiger partial charge in [0.15, 0.2) is 0 Å². The molecule has 142 valence electrons. The van der Waals surface area contributed by atoms with E-state index >= 15 is 0 Å². The van der Waals surface area contributed by atoms with Crippen molar-refractivity contribution in [2.45, 2.75) is 45.3 Å². The second-order valence-electron chi connectivity index (χ2n) is 6.90. The Morgan fingerprint density at radius 1 is 1.16 bits per heavy atom. The number of aliphatic hydroxyl groups excluding tert-OH is 1. The molecule has 0 saturated carbocycles. The van der Waals surface area contributed by atoms with Gasteiger partial charge in [0.25, 0.3) is 0 Å². The van der Waals surface area contributed by atoms with Gasteiger partial charge in [0, 0.05) is 32.7 Å². The van der Waals surface area contributed by atoms with Crippen molar-refractivity contribution in [2.24, 2.45) is 0 Å². The summed E-state index contributed by atoms with van der Waals surface area (Å²) in [7, 11) is 1.72. The predicted octanol–water partition coefficient (Wildman–Crippen LogP) is 2.77. The Balaban J connectivity index is 1.71. The fourth-order valence-corrected chi connectivity index (χ4v) is 3.26. The van der Waals surface area contributed by atoms with Gasteiger partial charge < -0.3 is 19.5 Å². The van der Waals surface area contributed by atoms with Gasteiger partial charge in [-0.2, -0.15) is 0 Å². The Morgan fingerprint density at radius 2 is 1.88 bits per heavy atom. The van der Waals surface area contributed by atoms with Gasteiger partial charge in [-0.05, 0) is 25.5 Å². The minimum Gasteiger partial charge on any atom is -0.495 e. The number of rotatable bonds is 10. The molecule has 0 bridgehead atoms. The zero-order valence-electron chi connectivity index (χ0n) is 16.0. The summed E-state index contributed by atoms with van der Waals surface area (Å²) >= 11 is 0. The number of aliphatic hydroxyl groups is 1. The number of benzene rings is 1. The van der Waals surface area contributed by atoms with Crippen LogP contribution in [0.25, 0.3) is 0 Å². The van der Waals surface area contributed by atoms with E-state index < -0.39 is 6.10 Å². The number of nitrogens with zero attached hydrogens (tertiary/aromatic N) is 2. The number of β-amino-alcohol motifs (C(OH)–C–C–N with tert-alkyl or cyclic N) is 1. The van der Waals surface area contributed by atoms with Gasteiger partial charge in [0.1, 0.15) is 5.75 Å². The highest BCUT2D eigenvalue weighted by Gasteiger charge is 2.21. The predicted molar refractivity (Wildman–Crippen MR) is 103 cm³/mol. The van der Waals surface area contributed by atoms with Gasteiger partial charge in [-0.25, -0.2) is 0 Å². The number of anilines is 1. The summed E-state index contributed by atoms with van der Waals surface area (Å²) < 4.78 is 11.2. The van der Waals surface area contributed by atoms with Crippen LogP contribution in [0.15, 0.2) is 24.3 Å². The summed E-state index contributed by atoms with van der Waals surface area (Å²) in [4.78, 5) is 4.67. The molecule has 5 heteroatoms. The van der Waals surface area contributed by atoms with Crippen LogP contribution in [-0.2, 0) is 4.74 Å². The number of hydrogen-bond donors (Lipinski definition) is 1. The van der Waals surface area contributed by atoms with Crippen molar-refractivity contribution in [3.05, 3.63) is 24.3 Å². The van der Waals surface area contributed by atoms with Gasteiger partial charge in [0.2, 0.25) is 0 Å². The monoisotopic (exact) mass is 350 g/mol. The summed E-state index contributed by atoms with van der Waals surface area (Å²) in [5.74, 6) is 0.922. The van der Waals surface area contributed by atoms with E-state index in [1.54, 1.807) is 7.11 Å². The minimum absolute atomic E-state index is 0.233. The van der Waals surface area contributed by atoms with E-state index in [9.17, 15) is 5.11 Å². The first-order valence-electron chi connectivity index (χ1n) is 9.54. The third-order valence-corrected chi connectivity index (χ3v) is 4.80. The maximum atomic E-state index is 10.2. The number of unbranched alkanes of at least 4 members (excludes halogenated alkanes) is 1. The standard InChI is InChI=1S/C20H34N2O3/c1-4-5-8-17(2)25-16-18(23)15-21-11-13-22(14-12-21)19-9-6-7-10-20(19)24-3/h6-7,9-10,17-18,23H,4-5,8,11-16H2,1-3H3. The lowest BCUT2D eigenvalue weighted by Crippen LogP contribution is -2.49. The molecule has 0 amide bonds. The molecule has 0 spiro atoms. The van der Waals surface area contributed by atoms with Crippen molar-refractivity contribution >= 4 is 5.69 Å². The highest BCUT2D eigenvalue weighted by atomic mass is 16.5. The fraction of sp³-hybridized carbons (Fsp3) is 0.700. The summed E-state index contributed by atoms with van der Waals surface area (Å²) in [5, 5.41) is 10.2. The Hall–Kier alpha value is -1.30. The molecule has 0 aliphatic carbocycles. The van der Waals surface area contributed by atoms with Crippen LogP contribution in [0.2, 0.25) is 0 Å². The van der Waals surface area contributed by atoms with Crippen molar-refractivity contribution in [3.8, 4) is 5.75 Å². The van der Waals surface area contributed by atoms with Crippen molar-refractivity contribution in [3.63, 3.8) is 0 Å². The first-order valence-corrected chi connectivity index (χ1v) is 9.54. The lowest BCUT2D eigenvalue weighted by molar-refractivity contribution is -0.0182. The Kier molecular flexibility index (Phi) is 8.52. The van der Waals surface area contributed by atoms with E-state index in [-0.39, 0.29) is 6.10 Å². The van der Waals surface area contributed by atoms with E-state index in [2.05, 4.69) is 29.7 Å². The zero-order valence-corrected chi connectivity index (χ0v) is 16.0. The molecule has 1 saturated heterocycles. The lowest BCUT2D eigenvalue weighted by atomic mass is 10.2. The molecule has 0 radical (unpaired) electrons. The van der Waals surface area contributed by atoms with Crippen molar-refractivity contribution < 1.29 is 14.6 Å². The van der Waals surface area contributed by atoms with E-state index in [0.29, 0.717) is 13.2 Å². The highest BCUT2D eigenvalue weighted by Crippen LogP contribution is 2.28. The summed E-state index contributed by atoms with van der Waals surface area (Å²) in [6, 6.07) is 8.15. The molecule has 0 aromatic heterocycles. The van der Waals surface area contributed by atoms with E-state index in [1.807, 2.05) is 18.2 Å². The van der Waals surface area contributed by atoms with E-state index in [0.717, 1.165) is 44.0 Å². The molecule has 1 aromatic rings. The smallest absolute Gasteiger partial charge is 0.142 e. The van der Waals surface area contributed by atoms with E-state index in [1.165, 1.54) is 12.8 Å². The Bertz CT molecular complexity index is 490. The fourth-order valence-electron chi connectivity index (χ4n) is 3.26. The van der Waals surface area contributed by atoms with Crippen LogP contribution in [0.1, 0.15) is 33.1 Å². The highest BCUT2D eigenvalue weighted by molar-refractivity contribution is 5.58. The van der Waals surface area contributed by atoms with E-state index in [4.69, 9.17) is 9.47 Å². The Morgan fingerprint density at radius 3 is 2.56 bits per heavy atom. The average Bonchev–Trinajstić information content (AvgIpc) is 2.65. The average molecular weight is 351 g/mol. The summed E-state index contributed by atoms with van der Waals surface area (Å²) in [6.45, 7) is 9.17. The lowest BCUT2D eigenvalue weighted by Gasteiger charge is -2.37. The Labute approximate surface area is 152 Å². The normalized spacial score (nSPS) is 18.2. The van der Waals surface area contributed by atoms with Crippen LogP contribution in [0.5, 0.6) is 5.75 Å². The first kappa shape index (κ1) is 20.0. The molecule has 1 heterocycles. The maximum Gasteiger partial charge on any atom is 0.142 e. The van der Waals surface area contributed by atoms with Gasteiger partial charge in [-0.1, -0.05) is 31.9 Å². The van der Waals surface area contributed by atoms with Gasteiger partial charge in [0.05, 0.1) is 31.6 Å². The first-order chi connectivity index (χ1) is 12.1.